The standard InChI is InChI=1S/C14H27N3O3/c1-5-16(11-7-8-11)10-9-15-13(20)17(6-2)14(3,4)12(18)19/h11H,5-10H2,1-4H3,(H,15,20)(H,18,19). The number of amides is 2. The van der Waals surface area contributed by atoms with Crippen LogP contribution in [0.3, 0.4) is 0 Å². The molecule has 2 amide bonds. The van der Waals surface area contributed by atoms with Crippen LogP contribution in [0.15, 0.2) is 0 Å². The highest BCUT2D eigenvalue weighted by atomic mass is 16.4. The van der Waals surface area contributed by atoms with Gasteiger partial charge in [-0.2, -0.15) is 0 Å². The molecule has 2 N–H and O–H groups in total. The molecule has 20 heavy (non-hydrogen) atoms. The van der Waals surface area contributed by atoms with Gasteiger partial charge in [0.1, 0.15) is 5.54 Å². The van der Waals surface area contributed by atoms with Crippen molar-refractivity contribution in [3.63, 3.8) is 0 Å². The molecule has 0 atom stereocenters. The van der Waals surface area contributed by atoms with Crippen LogP contribution in [0.5, 0.6) is 0 Å². The highest BCUT2D eigenvalue weighted by Crippen LogP contribution is 2.25. The molecule has 0 aromatic heterocycles. The number of carboxylic acid groups (broad SMARTS) is 1. The van der Waals surface area contributed by atoms with E-state index in [1.165, 1.54) is 17.7 Å². The van der Waals surface area contributed by atoms with E-state index >= 15 is 0 Å². The Bertz CT molecular complexity index is 354. The second-order valence-corrected chi connectivity index (χ2v) is 5.70. The summed E-state index contributed by atoms with van der Waals surface area (Å²) in [6.45, 7) is 9.71. The molecule has 0 aromatic carbocycles. The average molecular weight is 285 g/mol. The Balaban J connectivity index is 2.45. The second-order valence-electron chi connectivity index (χ2n) is 5.70. The monoisotopic (exact) mass is 285 g/mol. The minimum atomic E-state index is -1.19. The third kappa shape index (κ3) is 4.10. The van der Waals surface area contributed by atoms with E-state index < -0.39 is 11.5 Å². The molecule has 0 aromatic rings. The van der Waals surface area contributed by atoms with Crippen LogP contribution in [-0.2, 0) is 4.79 Å². The normalized spacial score (nSPS) is 15.2. The van der Waals surface area contributed by atoms with E-state index in [1.54, 1.807) is 20.8 Å². The second kappa shape index (κ2) is 6.92. The number of aliphatic carboxylic acids is 1. The Labute approximate surface area is 121 Å². The average Bonchev–Trinajstić information content (AvgIpc) is 3.19. The van der Waals surface area contributed by atoms with Crippen molar-refractivity contribution in [2.24, 2.45) is 0 Å². The van der Waals surface area contributed by atoms with Crippen molar-refractivity contribution in [1.29, 1.82) is 0 Å². The predicted octanol–water partition coefficient (Wildman–Crippen LogP) is 1.37. The van der Waals surface area contributed by atoms with Gasteiger partial charge in [-0.25, -0.2) is 9.59 Å². The Morgan fingerprint density at radius 3 is 2.25 bits per heavy atom. The summed E-state index contributed by atoms with van der Waals surface area (Å²) in [5, 5.41) is 12.0. The number of nitrogens with one attached hydrogen (secondary N) is 1. The molecule has 0 heterocycles. The van der Waals surface area contributed by atoms with Crippen molar-refractivity contribution in [2.45, 2.75) is 52.1 Å². The number of carbonyl (C=O) groups is 2. The summed E-state index contributed by atoms with van der Waals surface area (Å²) in [4.78, 5) is 27.0. The Kier molecular flexibility index (Phi) is 5.80. The third-order valence-corrected chi connectivity index (χ3v) is 3.90. The van der Waals surface area contributed by atoms with Gasteiger partial charge in [0, 0.05) is 25.7 Å². The van der Waals surface area contributed by atoms with E-state index in [4.69, 9.17) is 0 Å². The van der Waals surface area contributed by atoms with Gasteiger partial charge in [-0.1, -0.05) is 6.92 Å². The van der Waals surface area contributed by atoms with Crippen LogP contribution in [0.1, 0.15) is 40.5 Å². The number of urea groups is 1. The van der Waals surface area contributed by atoms with Crippen molar-refractivity contribution in [3.05, 3.63) is 0 Å². The number of hydrogen-bond acceptors (Lipinski definition) is 3. The van der Waals surface area contributed by atoms with Gasteiger partial charge in [-0.3, -0.25) is 4.90 Å². The first-order chi connectivity index (χ1) is 9.34. The minimum absolute atomic E-state index is 0.313. The summed E-state index contributed by atoms with van der Waals surface area (Å²) in [7, 11) is 0. The molecule has 1 fully saturated rings. The number of rotatable bonds is 8. The zero-order valence-electron chi connectivity index (χ0n) is 13.0. The summed E-state index contributed by atoms with van der Waals surface area (Å²) < 4.78 is 0. The summed E-state index contributed by atoms with van der Waals surface area (Å²) in [5.41, 5.74) is -1.19. The van der Waals surface area contributed by atoms with Gasteiger partial charge < -0.3 is 15.3 Å². The SMILES string of the molecule is CCN(CCNC(=O)N(CC)C(C)(C)C(=O)O)C1CC1. The van der Waals surface area contributed by atoms with E-state index in [1.807, 2.05) is 0 Å². The van der Waals surface area contributed by atoms with Crippen molar-refractivity contribution < 1.29 is 14.7 Å². The molecule has 6 heteroatoms. The molecule has 0 saturated heterocycles. The lowest BCUT2D eigenvalue weighted by molar-refractivity contribution is -0.147. The maximum atomic E-state index is 12.1. The first-order valence-electron chi connectivity index (χ1n) is 7.37. The van der Waals surface area contributed by atoms with Crippen LogP contribution in [-0.4, -0.2) is 64.7 Å². The van der Waals surface area contributed by atoms with Crippen molar-refractivity contribution >= 4 is 12.0 Å². The molecular weight excluding hydrogens is 258 g/mol. The number of hydrogen-bond donors (Lipinski definition) is 2. The molecular formula is C14H27N3O3. The fourth-order valence-corrected chi connectivity index (χ4v) is 2.35. The highest BCUT2D eigenvalue weighted by molar-refractivity contribution is 5.85. The number of carboxylic acids is 1. The first-order valence-corrected chi connectivity index (χ1v) is 7.37. The van der Waals surface area contributed by atoms with E-state index in [-0.39, 0.29) is 6.03 Å². The van der Waals surface area contributed by atoms with Crippen LogP contribution < -0.4 is 5.32 Å². The van der Waals surface area contributed by atoms with Gasteiger partial charge in [-0.15, -0.1) is 0 Å². The molecule has 116 valence electrons. The molecule has 0 bridgehead atoms. The van der Waals surface area contributed by atoms with Crippen LogP contribution in [0.2, 0.25) is 0 Å². The van der Waals surface area contributed by atoms with Crippen molar-refractivity contribution in [2.75, 3.05) is 26.2 Å². The van der Waals surface area contributed by atoms with Gasteiger partial charge in [-0.05, 0) is 40.2 Å². The maximum absolute atomic E-state index is 12.1. The maximum Gasteiger partial charge on any atom is 0.329 e. The summed E-state index contributed by atoms with van der Waals surface area (Å²) >= 11 is 0. The molecule has 1 aliphatic rings. The predicted molar refractivity (Wildman–Crippen MR) is 77.8 cm³/mol. The van der Waals surface area contributed by atoms with Crippen LogP contribution in [0, 0.1) is 0 Å². The Morgan fingerprint density at radius 1 is 1.25 bits per heavy atom. The summed E-state index contributed by atoms with van der Waals surface area (Å²) in [5.74, 6) is -0.998. The topological polar surface area (TPSA) is 72.9 Å². The van der Waals surface area contributed by atoms with Gasteiger partial charge in [0.2, 0.25) is 0 Å². The first kappa shape index (κ1) is 16.8. The number of likely N-dealkylation sites (N-methyl/N-ethyl adjacent to an activating group) is 2. The van der Waals surface area contributed by atoms with E-state index in [2.05, 4.69) is 17.1 Å². The number of carbonyl (C=O) groups excluding carboxylic acids is 1. The quantitative estimate of drug-likeness (QED) is 0.706. The molecule has 0 aliphatic heterocycles. The lowest BCUT2D eigenvalue weighted by Gasteiger charge is -2.34. The van der Waals surface area contributed by atoms with Crippen LogP contribution in [0.4, 0.5) is 4.79 Å². The van der Waals surface area contributed by atoms with Gasteiger partial charge >= 0.3 is 12.0 Å². The summed E-state index contributed by atoms with van der Waals surface area (Å²) in [6.07, 6.45) is 2.49. The minimum Gasteiger partial charge on any atom is -0.480 e. The van der Waals surface area contributed by atoms with E-state index in [0.29, 0.717) is 19.1 Å². The van der Waals surface area contributed by atoms with Crippen molar-refractivity contribution in [1.82, 2.24) is 15.1 Å². The smallest absolute Gasteiger partial charge is 0.329 e. The lowest BCUT2D eigenvalue weighted by atomic mass is 10.0. The van der Waals surface area contributed by atoms with Crippen LogP contribution >= 0.6 is 0 Å². The van der Waals surface area contributed by atoms with Gasteiger partial charge in [0.15, 0.2) is 0 Å². The molecule has 0 unspecified atom stereocenters. The van der Waals surface area contributed by atoms with Crippen LogP contribution in [0.25, 0.3) is 0 Å². The molecule has 0 spiro atoms. The van der Waals surface area contributed by atoms with E-state index in [0.717, 1.165) is 13.1 Å². The molecule has 1 aliphatic carbocycles. The largest absolute Gasteiger partial charge is 0.480 e. The Morgan fingerprint density at radius 2 is 1.85 bits per heavy atom. The van der Waals surface area contributed by atoms with Gasteiger partial charge in [0.25, 0.3) is 0 Å². The fourth-order valence-electron chi connectivity index (χ4n) is 2.35. The van der Waals surface area contributed by atoms with E-state index in [9.17, 15) is 14.7 Å². The molecule has 1 rings (SSSR count). The lowest BCUT2D eigenvalue weighted by Crippen LogP contribution is -2.56. The molecule has 0 radical (unpaired) electrons. The fraction of sp³-hybridized carbons (Fsp3) is 0.857. The molecule has 6 nitrogen and oxygen atoms in total. The summed E-state index contributed by atoms with van der Waals surface area (Å²) in [6, 6.07) is 0.362. The Hall–Kier alpha value is -1.30. The third-order valence-electron chi connectivity index (χ3n) is 3.90. The zero-order valence-corrected chi connectivity index (χ0v) is 13.0. The molecule has 1 saturated carbocycles. The van der Waals surface area contributed by atoms with Crippen molar-refractivity contribution in [3.8, 4) is 0 Å². The highest BCUT2D eigenvalue weighted by Gasteiger charge is 2.36. The zero-order chi connectivity index (χ0) is 15.3. The number of nitrogens with zero attached hydrogens (tertiary/aromatic N) is 2. The van der Waals surface area contributed by atoms with Gasteiger partial charge in [0.05, 0.1) is 0 Å².